The Hall–Kier alpha value is -0.860. The second kappa shape index (κ2) is 20.4. The molecule has 29 heavy (non-hydrogen) atoms. The highest BCUT2D eigenvalue weighted by atomic mass is 16.5. The number of ether oxygens (including phenoxy) is 1. The fourth-order valence-electron chi connectivity index (χ4n) is 3.90. The van der Waals surface area contributed by atoms with Crippen LogP contribution in [-0.2, 0) is 11.3 Å². The maximum Gasteiger partial charge on any atom is 0.0773 e. The molecule has 0 aromatic heterocycles. The molecule has 2 nitrogen and oxygen atoms in total. The van der Waals surface area contributed by atoms with Gasteiger partial charge in [0.1, 0.15) is 0 Å². The van der Waals surface area contributed by atoms with Crippen molar-refractivity contribution in [2.24, 2.45) is 0 Å². The number of hydrogen-bond acceptors (Lipinski definition) is 2. The van der Waals surface area contributed by atoms with E-state index in [1.807, 2.05) is 18.2 Å². The molecule has 1 N–H and O–H groups in total. The van der Waals surface area contributed by atoms with E-state index in [1.54, 1.807) is 0 Å². The molecule has 168 valence electrons. The third kappa shape index (κ3) is 17.7. The predicted octanol–water partition coefficient (Wildman–Crippen LogP) is 8.22. The zero-order chi connectivity index (χ0) is 20.8. The first kappa shape index (κ1) is 26.2. The minimum absolute atomic E-state index is 0.314. The normalized spacial score (nSPS) is 12.3. The van der Waals surface area contributed by atoms with Crippen molar-refractivity contribution < 1.29 is 9.84 Å². The van der Waals surface area contributed by atoms with Gasteiger partial charge in [0, 0.05) is 0 Å². The van der Waals surface area contributed by atoms with Gasteiger partial charge in [0.2, 0.25) is 0 Å². The van der Waals surface area contributed by atoms with E-state index in [0.717, 1.165) is 12.8 Å². The second-order valence-corrected chi connectivity index (χ2v) is 8.75. The summed E-state index contributed by atoms with van der Waals surface area (Å²) in [6, 6.07) is 10.2. The van der Waals surface area contributed by atoms with Crippen LogP contribution in [0.4, 0.5) is 0 Å². The lowest BCUT2D eigenvalue weighted by Crippen LogP contribution is -2.15. The van der Waals surface area contributed by atoms with E-state index in [9.17, 15) is 5.11 Å². The average molecular weight is 405 g/mol. The number of rotatable bonds is 21. The van der Waals surface area contributed by atoms with Crippen LogP contribution in [0.25, 0.3) is 0 Å². The van der Waals surface area contributed by atoms with Crippen molar-refractivity contribution >= 4 is 0 Å². The molecule has 0 aliphatic heterocycles. The van der Waals surface area contributed by atoms with E-state index in [1.165, 1.54) is 102 Å². The van der Waals surface area contributed by atoms with E-state index in [0.29, 0.717) is 13.2 Å². The summed E-state index contributed by atoms with van der Waals surface area (Å²) in [5.74, 6) is 0. The lowest BCUT2D eigenvalue weighted by Gasteiger charge is -2.11. The Kier molecular flexibility index (Phi) is 18.4. The number of hydrogen-bond donors (Lipinski definition) is 1. The number of aliphatic hydroxyl groups is 1. The smallest absolute Gasteiger partial charge is 0.0773 e. The summed E-state index contributed by atoms with van der Waals surface area (Å²) in [5.41, 5.74) is 1.17. The maximum atomic E-state index is 10.0. The highest BCUT2D eigenvalue weighted by molar-refractivity contribution is 5.13. The Morgan fingerprint density at radius 1 is 0.655 bits per heavy atom. The molecule has 2 heteroatoms. The molecule has 0 spiro atoms. The van der Waals surface area contributed by atoms with Gasteiger partial charge in [-0.1, -0.05) is 140 Å². The summed E-state index contributed by atoms with van der Waals surface area (Å²) >= 11 is 0. The summed E-state index contributed by atoms with van der Waals surface area (Å²) in [6.07, 6.45) is 22.7. The quantitative estimate of drug-likeness (QED) is 0.209. The Morgan fingerprint density at radius 3 is 1.59 bits per heavy atom. The van der Waals surface area contributed by atoms with Crippen LogP contribution in [0, 0.1) is 0 Å². The summed E-state index contributed by atoms with van der Waals surface area (Å²) in [6.45, 7) is 3.33. The number of benzene rings is 1. The van der Waals surface area contributed by atoms with E-state index < -0.39 is 0 Å². The predicted molar refractivity (Wildman–Crippen MR) is 126 cm³/mol. The molecule has 0 aliphatic carbocycles. The van der Waals surface area contributed by atoms with Crippen LogP contribution < -0.4 is 0 Å². The van der Waals surface area contributed by atoms with Gasteiger partial charge in [-0.2, -0.15) is 0 Å². The maximum absolute atomic E-state index is 10.0. The molecular formula is C27H48O2. The highest BCUT2D eigenvalue weighted by Crippen LogP contribution is 2.14. The van der Waals surface area contributed by atoms with Crippen LogP contribution in [0.15, 0.2) is 30.3 Å². The monoisotopic (exact) mass is 404 g/mol. The number of unbranched alkanes of at least 4 members (excludes halogenated alkanes) is 15. The average Bonchev–Trinajstić information content (AvgIpc) is 2.74. The topological polar surface area (TPSA) is 29.5 Å². The van der Waals surface area contributed by atoms with E-state index in [4.69, 9.17) is 4.74 Å². The standard InChI is InChI=1S/C27H48O2/c1-2-3-4-5-6-7-8-9-10-11-12-13-14-15-16-20-23-27(28)25-29-24-26-21-18-17-19-22-26/h17-19,21-22,27-28H,2-16,20,23-25H2,1H3. The molecule has 1 unspecified atom stereocenters. The first-order valence-corrected chi connectivity index (χ1v) is 12.6. The van der Waals surface area contributed by atoms with E-state index in [-0.39, 0.29) is 6.10 Å². The molecule has 0 amide bonds. The SMILES string of the molecule is CCCCCCCCCCCCCCCCCCC(O)COCc1ccccc1. The Labute approximate surface area is 181 Å². The van der Waals surface area contributed by atoms with Gasteiger partial charge in [-0.15, -0.1) is 0 Å². The van der Waals surface area contributed by atoms with Crippen molar-refractivity contribution in [3.8, 4) is 0 Å². The molecule has 0 fully saturated rings. The van der Waals surface area contributed by atoms with Gasteiger partial charge in [-0.05, 0) is 12.0 Å². The molecule has 1 rings (SSSR count). The van der Waals surface area contributed by atoms with Crippen molar-refractivity contribution in [1.82, 2.24) is 0 Å². The molecule has 0 heterocycles. The lowest BCUT2D eigenvalue weighted by molar-refractivity contribution is 0.0233. The van der Waals surface area contributed by atoms with Crippen LogP contribution in [0.3, 0.4) is 0 Å². The van der Waals surface area contributed by atoms with Crippen molar-refractivity contribution in [3.63, 3.8) is 0 Å². The Morgan fingerprint density at radius 2 is 1.10 bits per heavy atom. The minimum Gasteiger partial charge on any atom is -0.391 e. The molecule has 0 saturated heterocycles. The Bertz CT molecular complexity index is 431. The molecular weight excluding hydrogens is 356 g/mol. The van der Waals surface area contributed by atoms with Gasteiger partial charge in [0.05, 0.1) is 19.3 Å². The van der Waals surface area contributed by atoms with Gasteiger partial charge < -0.3 is 9.84 Å². The molecule has 1 aromatic rings. The molecule has 0 bridgehead atoms. The molecule has 0 saturated carbocycles. The van der Waals surface area contributed by atoms with Crippen LogP contribution >= 0.6 is 0 Å². The van der Waals surface area contributed by atoms with Crippen LogP contribution in [0.1, 0.15) is 122 Å². The first-order valence-electron chi connectivity index (χ1n) is 12.6. The minimum atomic E-state index is -0.314. The second-order valence-electron chi connectivity index (χ2n) is 8.75. The molecule has 1 atom stereocenters. The van der Waals surface area contributed by atoms with E-state index in [2.05, 4.69) is 19.1 Å². The summed E-state index contributed by atoms with van der Waals surface area (Å²) in [5, 5.41) is 10.0. The summed E-state index contributed by atoms with van der Waals surface area (Å²) in [7, 11) is 0. The summed E-state index contributed by atoms with van der Waals surface area (Å²) in [4.78, 5) is 0. The first-order chi connectivity index (χ1) is 14.3. The fraction of sp³-hybridized carbons (Fsp3) is 0.778. The van der Waals surface area contributed by atoms with Crippen molar-refractivity contribution in [2.75, 3.05) is 6.61 Å². The largest absolute Gasteiger partial charge is 0.391 e. The van der Waals surface area contributed by atoms with E-state index >= 15 is 0 Å². The molecule has 0 aliphatic rings. The van der Waals surface area contributed by atoms with Crippen LogP contribution in [0.5, 0.6) is 0 Å². The fourth-order valence-corrected chi connectivity index (χ4v) is 3.90. The lowest BCUT2D eigenvalue weighted by atomic mass is 10.0. The van der Waals surface area contributed by atoms with Gasteiger partial charge in [-0.3, -0.25) is 0 Å². The summed E-state index contributed by atoms with van der Waals surface area (Å²) < 4.78 is 5.61. The Balaban J connectivity index is 1.74. The van der Waals surface area contributed by atoms with Gasteiger partial charge in [0.25, 0.3) is 0 Å². The third-order valence-electron chi connectivity index (χ3n) is 5.81. The van der Waals surface area contributed by atoms with Crippen LogP contribution in [0.2, 0.25) is 0 Å². The zero-order valence-electron chi connectivity index (χ0n) is 19.3. The molecule has 1 aromatic carbocycles. The van der Waals surface area contributed by atoms with Crippen molar-refractivity contribution in [3.05, 3.63) is 35.9 Å². The van der Waals surface area contributed by atoms with Gasteiger partial charge in [-0.25, -0.2) is 0 Å². The number of aliphatic hydroxyl groups excluding tert-OH is 1. The van der Waals surface area contributed by atoms with Crippen molar-refractivity contribution in [1.29, 1.82) is 0 Å². The van der Waals surface area contributed by atoms with Crippen molar-refractivity contribution in [2.45, 2.75) is 129 Å². The third-order valence-corrected chi connectivity index (χ3v) is 5.81. The van der Waals surface area contributed by atoms with Gasteiger partial charge >= 0.3 is 0 Å². The van der Waals surface area contributed by atoms with Gasteiger partial charge in [0.15, 0.2) is 0 Å². The van der Waals surface area contributed by atoms with Crippen LogP contribution in [-0.4, -0.2) is 17.8 Å². The molecule has 0 radical (unpaired) electrons. The zero-order valence-corrected chi connectivity index (χ0v) is 19.3. The highest BCUT2D eigenvalue weighted by Gasteiger charge is 2.04.